The Bertz CT molecular complexity index is 385. The summed E-state index contributed by atoms with van der Waals surface area (Å²) in [5.74, 6) is -3.95. The van der Waals surface area contributed by atoms with Gasteiger partial charge in [-0.05, 0) is 13.0 Å². The fourth-order valence-electron chi connectivity index (χ4n) is 1.17. The van der Waals surface area contributed by atoms with E-state index in [0.29, 0.717) is 13.2 Å². The Morgan fingerprint density at radius 3 is 2.41 bits per heavy atom. The average Bonchev–Trinajstić information content (AvgIpc) is 2.30. The Hall–Kier alpha value is -0.590. The number of ether oxygens (including phenoxy) is 2. The zero-order chi connectivity index (χ0) is 12.8. The zero-order valence-corrected chi connectivity index (χ0v) is 10.8. The van der Waals surface area contributed by atoms with Crippen molar-refractivity contribution in [1.29, 1.82) is 0 Å². The van der Waals surface area contributed by atoms with Crippen LogP contribution in [0.3, 0.4) is 0 Å². The lowest BCUT2D eigenvalue weighted by atomic mass is 10.2. The van der Waals surface area contributed by atoms with E-state index in [-0.39, 0.29) is 23.2 Å². The number of hydrogen-bond donors (Lipinski definition) is 0. The molecule has 0 aromatic heterocycles. The van der Waals surface area contributed by atoms with Crippen LogP contribution in [-0.2, 0) is 16.1 Å². The van der Waals surface area contributed by atoms with Crippen LogP contribution in [0.2, 0.25) is 0 Å². The first-order valence-electron chi connectivity index (χ1n) is 5.05. The molecule has 0 spiro atoms. The number of hydrogen-bond acceptors (Lipinski definition) is 2. The van der Waals surface area contributed by atoms with Crippen LogP contribution in [0, 0.1) is 17.5 Å². The summed E-state index contributed by atoms with van der Waals surface area (Å²) < 4.78 is 49.3. The minimum absolute atomic E-state index is 0.0413. The van der Waals surface area contributed by atoms with Crippen molar-refractivity contribution in [1.82, 2.24) is 0 Å². The highest BCUT2D eigenvalue weighted by Gasteiger charge is 2.17. The molecule has 0 unspecified atom stereocenters. The molecule has 1 aromatic rings. The summed E-state index contributed by atoms with van der Waals surface area (Å²) in [6.45, 7) is 2.90. The minimum atomic E-state index is -1.49. The Kier molecular flexibility index (Phi) is 5.94. The molecule has 0 aliphatic rings. The van der Waals surface area contributed by atoms with Gasteiger partial charge in [0.25, 0.3) is 0 Å². The quantitative estimate of drug-likeness (QED) is 0.455. The lowest BCUT2D eigenvalue weighted by Crippen LogP contribution is -2.07. The van der Waals surface area contributed by atoms with Crippen molar-refractivity contribution in [3.8, 4) is 0 Å². The summed E-state index contributed by atoms with van der Waals surface area (Å²) in [5, 5.41) is 0. The summed E-state index contributed by atoms with van der Waals surface area (Å²) in [5.41, 5.74) is -0.0413. The summed E-state index contributed by atoms with van der Waals surface area (Å²) >= 11 is 2.96. The van der Waals surface area contributed by atoms with Crippen LogP contribution in [0.25, 0.3) is 0 Å². The van der Waals surface area contributed by atoms with Gasteiger partial charge in [-0.15, -0.1) is 0 Å². The molecule has 1 aromatic carbocycles. The first kappa shape index (κ1) is 14.5. The van der Waals surface area contributed by atoms with Crippen molar-refractivity contribution in [2.45, 2.75) is 13.5 Å². The molecule has 17 heavy (non-hydrogen) atoms. The van der Waals surface area contributed by atoms with Gasteiger partial charge in [-0.2, -0.15) is 0 Å². The van der Waals surface area contributed by atoms with Gasteiger partial charge in [0.15, 0.2) is 17.5 Å². The molecule has 1 rings (SSSR count). The van der Waals surface area contributed by atoms with Crippen LogP contribution in [0.4, 0.5) is 13.2 Å². The first-order chi connectivity index (χ1) is 8.07. The second kappa shape index (κ2) is 6.98. The van der Waals surface area contributed by atoms with Gasteiger partial charge in [0.05, 0.1) is 19.8 Å². The summed E-state index contributed by atoms with van der Waals surface area (Å²) in [7, 11) is 0. The molecule has 0 amide bonds. The molecule has 0 fully saturated rings. The van der Waals surface area contributed by atoms with Crippen molar-refractivity contribution < 1.29 is 22.6 Å². The molecular formula is C11H12BrF3O2. The second-order valence-electron chi connectivity index (χ2n) is 3.20. The van der Waals surface area contributed by atoms with Gasteiger partial charge in [-0.3, -0.25) is 0 Å². The SMILES string of the molecule is CCOCCOCc1c(Br)cc(F)c(F)c1F. The normalized spacial score (nSPS) is 10.9. The van der Waals surface area contributed by atoms with E-state index in [1.807, 2.05) is 6.92 Å². The second-order valence-corrected chi connectivity index (χ2v) is 4.05. The van der Waals surface area contributed by atoms with Crippen molar-refractivity contribution in [2.75, 3.05) is 19.8 Å². The summed E-state index contributed by atoms with van der Waals surface area (Å²) in [6.07, 6.45) is 0. The van der Waals surface area contributed by atoms with Crippen LogP contribution in [0.15, 0.2) is 10.5 Å². The molecule has 0 radical (unpaired) electrons. The van der Waals surface area contributed by atoms with Gasteiger partial charge < -0.3 is 9.47 Å². The van der Waals surface area contributed by atoms with Gasteiger partial charge in [0.1, 0.15) is 0 Å². The van der Waals surface area contributed by atoms with Gasteiger partial charge in [0, 0.05) is 16.6 Å². The monoisotopic (exact) mass is 312 g/mol. The van der Waals surface area contributed by atoms with Gasteiger partial charge in [0.2, 0.25) is 0 Å². The number of halogens is 4. The molecule has 0 N–H and O–H groups in total. The lowest BCUT2D eigenvalue weighted by Gasteiger charge is -2.08. The molecular weight excluding hydrogens is 301 g/mol. The fraction of sp³-hybridized carbons (Fsp3) is 0.455. The fourth-order valence-corrected chi connectivity index (χ4v) is 1.66. The summed E-state index contributed by atoms with van der Waals surface area (Å²) in [4.78, 5) is 0. The highest BCUT2D eigenvalue weighted by Crippen LogP contribution is 2.25. The zero-order valence-electron chi connectivity index (χ0n) is 9.23. The highest BCUT2D eigenvalue weighted by atomic mass is 79.9. The van der Waals surface area contributed by atoms with E-state index < -0.39 is 17.5 Å². The van der Waals surface area contributed by atoms with E-state index in [2.05, 4.69) is 15.9 Å². The van der Waals surface area contributed by atoms with Crippen LogP contribution in [0.5, 0.6) is 0 Å². The van der Waals surface area contributed by atoms with Gasteiger partial charge in [-0.25, -0.2) is 13.2 Å². The van der Waals surface area contributed by atoms with E-state index in [1.165, 1.54) is 0 Å². The Morgan fingerprint density at radius 2 is 1.76 bits per heavy atom. The number of rotatable bonds is 6. The summed E-state index contributed by atoms with van der Waals surface area (Å²) in [6, 6.07) is 0.875. The maximum absolute atomic E-state index is 13.3. The van der Waals surface area contributed by atoms with E-state index in [0.717, 1.165) is 6.07 Å². The molecule has 0 aliphatic carbocycles. The molecule has 0 bridgehead atoms. The topological polar surface area (TPSA) is 18.5 Å². The molecule has 6 heteroatoms. The van der Waals surface area contributed by atoms with Gasteiger partial charge in [-0.1, -0.05) is 15.9 Å². The molecule has 96 valence electrons. The van der Waals surface area contributed by atoms with Crippen LogP contribution in [-0.4, -0.2) is 19.8 Å². The van der Waals surface area contributed by atoms with Crippen molar-refractivity contribution in [3.05, 3.63) is 33.6 Å². The maximum atomic E-state index is 13.3. The van der Waals surface area contributed by atoms with Crippen LogP contribution < -0.4 is 0 Å². The third-order valence-electron chi connectivity index (χ3n) is 2.03. The Morgan fingerprint density at radius 1 is 1.12 bits per heavy atom. The van der Waals surface area contributed by atoms with Gasteiger partial charge >= 0.3 is 0 Å². The predicted octanol–water partition coefficient (Wildman–Crippen LogP) is 3.42. The van der Waals surface area contributed by atoms with E-state index in [9.17, 15) is 13.2 Å². The van der Waals surface area contributed by atoms with Crippen molar-refractivity contribution >= 4 is 15.9 Å². The van der Waals surface area contributed by atoms with Crippen molar-refractivity contribution in [3.63, 3.8) is 0 Å². The predicted molar refractivity (Wildman–Crippen MR) is 60.2 cm³/mol. The first-order valence-corrected chi connectivity index (χ1v) is 5.84. The molecule has 0 saturated heterocycles. The highest BCUT2D eigenvalue weighted by molar-refractivity contribution is 9.10. The Labute approximate surface area is 106 Å². The lowest BCUT2D eigenvalue weighted by molar-refractivity contribution is 0.0438. The maximum Gasteiger partial charge on any atom is 0.194 e. The third kappa shape index (κ3) is 3.97. The average molecular weight is 313 g/mol. The van der Waals surface area contributed by atoms with Crippen LogP contribution in [0.1, 0.15) is 12.5 Å². The number of benzene rings is 1. The largest absolute Gasteiger partial charge is 0.379 e. The van der Waals surface area contributed by atoms with Crippen LogP contribution >= 0.6 is 15.9 Å². The van der Waals surface area contributed by atoms with E-state index in [4.69, 9.17) is 9.47 Å². The van der Waals surface area contributed by atoms with E-state index >= 15 is 0 Å². The smallest absolute Gasteiger partial charge is 0.194 e. The molecule has 0 heterocycles. The molecule has 0 aliphatic heterocycles. The molecule has 2 nitrogen and oxygen atoms in total. The van der Waals surface area contributed by atoms with Crippen molar-refractivity contribution in [2.24, 2.45) is 0 Å². The minimum Gasteiger partial charge on any atom is -0.379 e. The third-order valence-corrected chi connectivity index (χ3v) is 2.74. The molecule has 0 atom stereocenters. The van der Waals surface area contributed by atoms with E-state index in [1.54, 1.807) is 0 Å². The standard InChI is InChI=1S/C11H12BrF3O2/c1-2-16-3-4-17-6-7-8(12)5-9(13)11(15)10(7)14/h5H,2-4,6H2,1H3. The molecule has 0 saturated carbocycles. The Balaban J connectivity index is 2.62.